The van der Waals surface area contributed by atoms with E-state index in [2.05, 4.69) is 33.0 Å². The summed E-state index contributed by atoms with van der Waals surface area (Å²) in [6.07, 6.45) is 2.01. The highest BCUT2D eigenvalue weighted by Crippen LogP contribution is 2.31. The highest BCUT2D eigenvalue weighted by atomic mass is 127. The lowest BCUT2D eigenvalue weighted by Gasteiger charge is -2.28. The van der Waals surface area contributed by atoms with Crippen LogP contribution >= 0.6 is 24.0 Å². The normalized spacial score (nSPS) is 15.5. The van der Waals surface area contributed by atoms with Crippen LogP contribution in [0.2, 0.25) is 0 Å². The van der Waals surface area contributed by atoms with Gasteiger partial charge in [0.1, 0.15) is 11.4 Å². The molecule has 0 aromatic heterocycles. The summed E-state index contributed by atoms with van der Waals surface area (Å²) in [4.78, 5) is 19.1. The van der Waals surface area contributed by atoms with Gasteiger partial charge in [0.25, 0.3) is 0 Å². The molecule has 9 heteroatoms. The number of nitrogens with one attached hydrogen (secondary N) is 3. The van der Waals surface area contributed by atoms with Crippen molar-refractivity contribution in [1.29, 1.82) is 0 Å². The molecule has 1 amide bonds. The van der Waals surface area contributed by atoms with Gasteiger partial charge >= 0.3 is 6.09 Å². The SMILES string of the molecule is CCNC(=NCC(c1ccccc1OC)N1CCCC1)NCCNC(=O)OC(C)(C)C.I. The maximum atomic E-state index is 11.8. The van der Waals surface area contributed by atoms with E-state index in [9.17, 15) is 4.79 Å². The molecule has 1 saturated heterocycles. The lowest BCUT2D eigenvalue weighted by atomic mass is 10.0. The highest BCUT2D eigenvalue weighted by molar-refractivity contribution is 14.0. The average Bonchev–Trinajstić information content (AvgIpc) is 3.24. The number of rotatable bonds is 9. The number of ether oxygens (including phenoxy) is 2. The predicted molar refractivity (Wildman–Crippen MR) is 140 cm³/mol. The number of carbonyl (C=O) groups excluding carboxylic acids is 1. The molecule has 32 heavy (non-hydrogen) atoms. The fourth-order valence-corrected chi connectivity index (χ4v) is 3.58. The van der Waals surface area contributed by atoms with Crippen LogP contribution in [0.3, 0.4) is 0 Å². The van der Waals surface area contributed by atoms with Crippen molar-refractivity contribution in [3.63, 3.8) is 0 Å². The zero-order chi connectivity index (χ0) is 22.7. The van der Waals surface area contributed by atoms with Crippen molar-refractivity contribution in [3.8, 4) is 5.75 Å². The standard InChI is InChI=1S/C23H39N5O3.HI/c1-6-24-21(25-13-14-26-22(29)31-23(2,3)4)27-17-19(28-15-9-10-16-28)18-11-7-8-12-20(18)30-5;/h7-8,11-12,19H,6,9-10,13-17H2,1-5H3,(H,26,29)(H2,24,25,27);1H. The summed E-state index contributed by atoms with van der Waals surface area (Å²) in [5.74, 6) is 1.63. The van der Waals surface area contributed by atoms with Gasteiger partial charge in [-0.25, -0.2) is 4.79 Å². The number of aliphatic imine (C=N–C) groups is 1. The molecule has 2 rings (SSSR count). The molecule has 0 bridgehead atoms. The number of methoxy groups -OCH3 is 1. The number of hydrogen-bond donors (Lipinski definition) is 3. The van der Waals surface area contributed by atoms with Crippen LogP contribution in [0, 0.1) is 0 Å². The third-order valence-corrected chi connectivity index (χ3v) is 4.93. The van der Waals surface area contributed by atoms with Gasteiger partial charge in [-0.2, -0.15) is 0 Å². The number of carbonyl (C=O) groups is 1. The Labute approximate surface area is 209 Å². The number of likely N-dealkylation sites (tertiary alicyclic amines) is 1. The van der Waals surface area contributed by atoms with E-state index >= 15 is 0 Å². The fourth-order valence-electron chi connectivity index (χ4n) is 3.58. The van der Waals surface area contributed by atoms with Crippen LogP contribution in [0.25, 0.3) is 0 Å². The minimum Gasteiger partial charge on any atom is -0.496 e. The lowest BCUT2D eigenvalue weighted by Crippen LogP contribution is -2.43. The van der Waals surface area contributed by atoms with Crippen molar-refractivity contribution in [3.05, 3.63) is 29.8 Å². The van der Waals surface area contributed by atoms with Crippen molar-refractivity contribution in [2.24, 2.45) is 4.99 Å². The van der Waals surface area contributed by atoms with Crippen LogP contribution in [-0.2, 0) is 4.74 Å². The number of amides is 1. The Hall–Kier alpha value is -1.75. The largest absolute Gasteiger partial charge is 0.496 e. The van der Waals surface area contributed by atoms with Gasteiger partial charge in [-0.15, -0.1) is 24.0 Å². The molecule has 3 N–H and O–H groups in total. The van der Waals surface area contributed by atoms with Gasteiger partial charge in [-0.05, 0) is 59.7 Å². The number of nitrogens with zero attached hydrogens (tertiary/aromatic N) is 2. The predicted octanol–water partition coefficient (Wildman–Crippen LogP) is 3.53. The molecule has 1 fully saturated rings. The number of halogens is 1. The fraction of sp³-hybridized carbons (Fsp3) is 0.652. The number of hydrogen-bond acceptors (Lipinski definition) is 5. The molecule has 1 aliphatic heterocycles. The first-order valence-electron chi connectivity index (χ1n) is 11.2. The van der Waals surface area contributed by atoms with Crippen LogP contribution < -0.4 is 20.7 Å². The molecule has 182 valence electrons. The second-order valence-corrected chi connectivity index (χ2v) is 8.58. The summed E-state index contributed by atoms with van der Waals surface area (Å²) in [5.41, 5.74) is 0.662. The van der Waals surface area contributed by atoms with Crippen LogP contribution in [-0.4, -0.2) is 68.9 Å². The van der Waals surface area contributed by atoms with E-state index in [1.165, 1.54) is 12.8 Å². The van der Waals surface area contributed by atoms with Gasteiger partial charge in [0.05, 0.1) is 19.7 Å². The summed E-state index contributed by atoms with van der Waals surface area (Å²) in [6.45, 7) is 12.1. The van der Waals surface area contributed by atoms with E-state index in [0.29, 0.717) is 19.6 Å². The van der Waals surface area contributed by atoms with E-state index in [4.69, 9.17) is 14.5 Å². The summed E-state index contributed by atoms with van der Waals surface area (Å²) in [5, 5.41) is 9.32. The second kappa shape index (κ2) is 14.4. The minimum atomic E-state index is -0.503. The molecule has 0 saturated carbocycles. The van der Waals surface area contributed by atoms with Crippen molar-refractivity contribution in [2.75, 3.05) is 46.4 Å². The van der Waals surface area contributed by atoms with Crippen molar-refractivity contribution >= 4 is 36.0 Å². The van der Waals surface area contributed by atoms with Gasteiger partial charge in [-0.3, -0.25) is 9.89 Å². The summed E-state index contributed by atoms with van der Waals surface area (Å²) < 4.78 is 10.9. The summed E-state index contributed by atoms with van der Waals surface area (Å²) >= 11 is 0. The summed E-state index contributed by atoms with van der Waals surface area (Å²) in [6, 6.07) is 8.34. The van der Waals surface area contributed by atoms with E-state index < -0.39 is 11.7 Å². The first kappa shape index (κ1) is 28.3. The van der Waals surface area contributed by atoms with E-state index in [1.54, 1.807) is 7.11 Å². The first-order valence-corrected chi connectivity index (χ1v) is 11.2. The van der Waals surface area contributed by atoms with Gasteiger partial charge in [0.2, 0.25) is 0 Å². The monoisotopic (exact) mass is 561 g/mol. The third-order valence-electron chi connectivity index (χ3n) is 4.93. The molecular weight excluding hydrogens is 521 g/mol. The highest BCUT2D eigenvalue weighted by Gasteiger charge is 2.25. The lowest BCUT2D eigenvalue weighted by molar-refractivity contribution is 0.0529. The number of benzene rings is 1. The molecule has 0 aliphatic carbocycles. The molecule has 1 heterocycles. The average molecular weight is 562 g/mol. The number of alkyl carbamates (subject to hydrolysis) is 1. The number of para-hydroxylation sites is 1. The Morgan fingerprint density at radius 3 is 2.41 bits per heavy atom. The van der Waals surface area contributed by atoms with Gasteiger partial charge in [0.15, 0.2) is 5.96 Å². The molecule has 1 aromatic rings. The molecule has 0 spiro atoms. The van der Waals surface area contributed by atoms with Crippen LogP contribution in [0.1, 0.15) is 52.1 Å². The quantitative estimate of drug-likeness (QED) is 0.185. The zero-order valence-corrected chi connectivity index (χ0v) is 22.4. The molecule has 1 aromatic carbocycles. The van der Waals surface area contributed by atoms with Crippen molar-refractivity contribution < 1.29 is 14.3 Å². The Balaban J connectivity index is 0.00000512. The zero-order valence-electron chi connectivity index (χ0n) is 20.1. The van der Waals surface area contributed by atoms with Gasteiger partial charge in [0, 0.05) is 25.2 Å². The second-order valence-electron chi connectivity index (χ2n) is 8.58. The third kappa shape index (κ3) is 9.81. The van der Waals surface area contributed by atoms with E-state index in [0.717, 1.165) is 36.9 Å². The van der Waals surface area contributed by atoms with Crippen molar-refractivity contribution in [2.45, 2.75) is 52.2 Å². The van der Waals surface area contributed by atoms with Crippen LogP contribution in [0.4, 0.5) is 4.79 Å². The molecule has 8 nitrogen and oxygen atoms in total. The summed E-state index contributed by atoms with van der Waals surface area (Å²) in [7, 11) is 1.71. The minimum absolute atomic E-state index is 0. The smallest absolute Gasteiger partial charge is 0.407 e. The van der Waals surface area contributed by atoms with Gasteiger partial charge < -0.3 is 25.4 Å². The molecular formula is C23H40IN5O3. The maximum Gasteiger partial charge on any atom is 0.407 e. The topological polar surface area (TPSA) is 87.2 Å². The number of guanidine groups is 1. The molecule has 1 atom stereocenters. The van der Waals surface area contributed by atoms with Gasteiger partial charge in [-0.1, -0.05) is 18.2 Å². The van der Waals surface area contributed by atoms with Crippen molar-refractivity contribution in [1.82, 2.24) is 20.9 Å². The first-order chi connectivity index (χ1) is 14.8. The molecule has 1 unspecified atom stereocenters. The maximum absolute atomic E-state index is 11.8. The molecule has 0 radical (unpaired) electrons. The Kier molecular flexibility index (Phi) is 12.7. The molecule has 1 aliphatic rings. The Morgan fingerprint density at radius 1 is 1.12 bits per heavy atom. The van der Waals surface area contributed by atoms with Crippen LogP contribution in [0.5, 0.6) is 5.75 Å². The van der Waals surface area contributed by atoms with E-state index in [-0.39, 0.29) is 30.0 Å². The van der Waals surface area contributed by atoms with E-state index in [1.807, 2.05) is 39.8 Å². The Morgan fingerprint density at radius 2 is 1.78 bits per heavy atom. The van der Waals surface area contributed by atoms with Crippen LogP contribution in [0.15, 0.2) is 29.3 Å². The Bertz CT molecular complexity index is 718.